The van der Waals surface area contributed by atoms with Gasteiger partial charge in [0.15, 0.2) is 0 Å². The van der Waals surface area contributed by atoms with E-state index in [0.29, 0.717) is 28.8 Å². The number of aromatic nitrogens is 3. The molecular formula is C22H21N5O3. The second-order valence-electron chi connectivity index (χ2n) is 7.43. The Morgan fingerprint density at radius 2 is 2.17 bits per heavy atom. The van der Waals surface area contributed by atoms with Gasteiger partial charge in [-0.2, -0.15) is 10.4 Å². The Bertz CT molecular complexity index is 1130. The molecule has 0 radical (unpaired) electrons. The highest BCUT2D eigenvalue weighted by Gasteiger charge is 2.27. The molecule has 0 bridgehead atoms. The van der Waals surface area contributed by atoms with E-state index in [4.69, 9.17) is 15.6 Å². The van der Waals surface area contributed by atoms with Crippen molar-refractivity contribution in [3.63, 3.8) is 0 Å². The third kappa shape index (κ3) is 4.16. The summed E-state index contributed by atoms with van der Waals surface area (Å²) >= 11 is 0. The number of carboxylic acid groups (broad SMARTS) is 1. The maximum absolute atomic E-state index is 11.0. The van der Waals surface area contributed by atoms with Crippen molar-refractivity contribution in [2.75, 3.05) is 0 Å². The monoisotopic (exact) mass is 403 g/mol. The minimum Gasteiger partial charge on any atom is -0.480 e. The van der Waals surface area contributed by atoms with E-state index < -0.39 is 12.0 Å². The number of rotatable bonds is 7. The number of ether oxygens (including phenoxy) is 1. The fourth-order valence-electron chi connectivity index (χ4n) is 3.19. The summed E-state index contributed by atoms with van der Waals surface area (Å²) in [5.74, 6) is 0.549. The zero-order valence-corrected chi connectivity index (χ0v) is 16.4. The molecule has 1 fully saturated rings. The van der Waals surface area contributed by atoms with Crippen LogP contribution >= 0.6 is 0 Å². The minimum absolute atomic E-state index is 0.193. The predicted molar refractivity (Wildman–Crippen MR) is 109 cm³/mol. The summed E-state index contributed by atoms with van der Waals surface area (Å²) in [4.78, 5) is 15.4. The van der Waals surface area contributed by atoms with Gasteiger partial charge in [-0.05, 0) is 49.1 Å². The number of nitrogens with zero attached hydrogens (tertiary/aromatic N) is 4. The van der Waals surface area contributed by atoms with Gasteiger partial charge in [-0.25, -0.2) is 4.68 Å². The lowest BCUT2D eigenvalue weighted by Gasteiger charge is -2.12. The van der Waals surface area contributed by atoms with Crippen LogP contribution in [0.25, 0.3) is 11.3 Å². The molecule has 4 rings (SSSR count). The van der Waals surface area contributed by atoms with E-state index in [9.17, 15) is 10.1 Å². The summed E-state index contributed by atoms with van der Waals surface area (Å²) in [5, 5.41) is 22.8. The summed E-state index contributed by atoms with van der Waals surface area (Å²) in [6.07, 6.45) is 4.09. The first kappa shape index (κ1) is 19.6. The lowest BCUT2D eigenvalue weighted by atomic mass is 10.0. The number of aliphatic carboxylic acids is 1. The van der Waals surface area contributed by atoms with Crippen LogP contribution in [0.15, 0.2) is 42.6 Å². The van der Waals surface area contributed by atoms with Gasteiger partial charge in [0.2, 0.25) is 5.88 Å². The van der Waals surface area contributed by atoms with Crippen LogP contribution in [0.2, 0.25) is 0 Å². The molecule has 0 aliphatic heterocycles. The molecule has 1 aliphatic rings. The predicted octanol–water partition coefficient (Wildman–Crippen LogP) is 2.98. The zero-order chi connectivity index (χ0) is 21.3. The Morgan fingerprint density at radius 1 is 1.37 bits per heavy atom. The first-order valence-corrected chi connectivity index (χ1v) is 9.64. The number of carboxylic acids is 1. The summed E-state index contributed by atoms with van der Waals surface area (Å²) < 4.78 is 7.83. The smallest absolute Gasteiger partial charge is 0.320 e. The van der Waals surface area contributed by atoms with Crippen molar-refractivity contribution in [2.45, 2.75) is 31.2 Å². The van der Waals surface area contributed by atoms with E-state index >= 15 is 0 Å². The van der Waals surface area contributed by atoms with Gasteiger partial charge in [0.1, 0.15) is 11.8 Å². The highest BCUT2D eigenvalue weighted by atomic mass is 16.5. The van der Waals surface area contributed by atoms with Crippen LogP contribution in [0.5, 0.6) is 11.6 Å². The number of benzene rings is 1. The van der Waals surface area contributed by atoms with Crippen LogP contribution < -0.4 is 10.5 Å². The molecule has 0 spiro atoms. The fraction of sp³-hybridized carbons (Fsp3) is 0.273. The average molecular weight is 403 g/mol. The number of hydrogen-bond donors (Lipinski definition) is 2. The van der Waals surface area contributed by atoms with Crippen LogP contribution in [-0.2, 0) is 18.3 Å². The highest BCUT2D eigenvalue weighted by Crippen LogP contribution is 2.41. The SMILES string of the molecule is Cn1nc(C2CC2)cc1Oc1cc(C#N)ccc1-c1ccc(CC(N)C(=O)O)cn1. The second kappa shape index (κ2) is 7.97. The number of hydrogen-bond acceptors (Lipinski definition) is 6. The second-order valence-corrected chi connectivity index (χ2v) is 7.43. The molecular weight excluding hydrogens is 382 g/mol. The molecule has 8 heteroatoms. The average Bonchev–Trinajstić information content (AvgIpc) is 3.53. The lowest BCUT2D eigenvalue weighted by Crippen LogP contribution is -2.32. The first-order chi connectivity index (χ1) is 14.4. The van der Waals surface area contributed by atoms with Gasteiger partial charge in [-0.15, -0.1) is 0 Å². The molecule has 30 heavy (non-hydrogen) atoms. The largest absolute Gasteiger partial charge is 0.480 e. The molecule has 1 unspecified atom stereocenters. The Hall–Kier alpha value is -3.70. The van der Waals surface area contributed by atoms with Crippen molar-refractivity contribution in [1.29, 1.82) is 5.26 Å². The number of nitrogens with two attached hydrogens (primary N) is 1. The summed E-state index contributed by atoms with van der Waals surface area (Å²) in [5.41, 5.74) is 9.18. The van der Waals surface area contributed by atoms with Crippen LogP contribution in [0.4, 0.5) is 0 Å². The Morgan fingerprint density at radius 3 is 2.80 bits per heavy atom. The van der Waals surface area contributed by atoms with E-state index in [1.54, 1.807) is 41.2 Å². The molecule has 2 heterocycles. The summed E-state index contributed by atoms with van der Waals surface area (Å²) in [7, 11) is 1.83. The molecule has 1 atom stereocenters. The quantitative estimate of drug-likeness (QED) is 0.621. The third-order valence-electron chi connectivity index (χ3n) is 5.05. The van der Waals surface area contributed by atoms with Crippen molar-refractivity contribution in [3.05, 3.63) is 59.4 Å². The van der Waals surface area contributed by atoms with Crippen molar-refractivity contribution < 1.29 is 14.6 Å². The van der Waals surface area contributed by atoms with Gasteiger partial charge in [0.05, 0.1) is 23.0 Å². The molecule has 8 nitrogen and oxygen atoms in total. The summed E-state index contributed by atoms with van der Waals surface area (Å²) in [6, 6.07) is 11.8. The standard InChI is InChI=1S/C22H21N5O3/c1-27-21(10-19(26-27)15-4-5-15)30-20-9-13(11-23)2-6-16(20)18-7-3-14(12-25-18)8-17(24)22(28)29/h2-3,6-7,9-10,12,15,17H,4-5,8,24H2,1H3,(H,28,29). The van der Waals surface area contributed by atoms with Crippen LogP contribution in [-0.4, -0.2) is 31.9 Å². The van der Waals surface area contributed by atoms with E-state index in [1.807, 2.05) is 13.1 Å². The maximum Gasteiger partial charge on any atom is 0.320 e. The van der Waals surface area contributed by atoms with Crippen molar-refractivity contribution in [2.24, 2.45) is 12.8 Å². The van der Waals surface area contributed by atoms with Gasteiger partial charge in [0, 0.05) is 30.8 Å². The molecule has 1 saturated carbocycles. The van der Waals surface area contributed by atoms with Crippen molar-refractivity contribution >= 4 is 5.97 Å². The molecule has 152 valence electrons. The number of aryl methyl sites for hydroxylation is 1. The number of nitriles is 1. The Labute approximate surface area is 173 Å². The summed E-state index contributed by atoms with van der Waals surface area (Å²) in [6.45, 7) is 0. The first-order valence-electron chi connectivity index (χ1n) is 9.64. The topological polar surface area (TPSA) is 127 Å². The van der Waals surface area contributed by atoms with Crippen LogP contribution in [0.3, 0.4) is 0 Å². The zero-order valence-electron chi connectivity index (χ0n) is 16.4. The van der Waals surface area contributed by atoms with Crippen molar-refractivity contribution in [1.82, 2.24) is 14.8 Å². The molecule has 3 aromatic rings. The van der Waals surface area contributed by atoms with Gasteiger partial charge >= 0.3 is 5.97 Å². The third-order valence-corrected chi connectivity index (χ3v) is 5.05. The number of carbonyl (C=O) groups is 1. The molecule has 0 saturated heterocycles. The van der Waals surface area contributed by atoms with Crippen LogP contribution in [0, 0.1) is 11.3 Å². The lowest BCUT2D eigenvalue weighted by molar-refractivity contribution is -0.138. The van der Waals surface area contributed by atoms with E-state index in [0.717, 1.165) is 29.7 Å². The van der Waals surface area contributed by atoms with Gasteiger partial charge in [-0.1, -0.05) is 6.07 Å². The fourth-order valence-corrected chi connectivity index (χ4v) is 3.19. The van der Waals surface area contributed by atoms with Crippen LogP contribution in [0.1, 0.15) is 35.6 Å². The molecule has 1 aromatic carbocycles. The maximum atomic E-state index is 11.0. The normalized spacial score (nSPS) is 14.2. The number of pyridine rings is 1. The highest BCUT2D eigenvalue weighted by molar-refractivity contribution is 5.73. The van der Waals surface area contributed by atoms with E-state index in [1.165, 1.54) is 0 Å². The Balaban J connectivity index is 1.63. The minimum atomic E-state index is -1.05. The molecule has 3 N–H and O–H groups in total. The van der Waals surface area contributed by atoms with Gasteiger partial charge < -0.3 is 15.6 Å². The van der Waals surface area contributed by atoms with Gasteiger partial charge in [0.25, 0.3) is 0 Å². The Kier molecular flexibility index (Phi) is 5.21. The molecule has 1 aliphatic carbocycles. The molecule has 2 aromatic heterocycles. The van der Waals surface area contributed by atoms with Crippen molar-refractivity contribution in [3.8, 4) is 29.0 Å². The van der Waals surface area contributed by atoms with E-state index in [-0.39, 0.29) is 6.42 Å². The van der Waals surface area contributed by atoms with Gasteiger partial charge in [-0.3, -0.25) is 9.78 Å². The molecule has 0 amide bonds. The van der Waals surface area contributed by atoms with E-state index in [2.05, 4.69) is 16.2 Å².